The Balaban J connectivity index is 1.04. The first-order valence-electron chi connectivity index (χ1n) is 16.4. The molecule has 240 valence electrons. The van der Waals surface area contributed by atoms with Gasteiger partial charge in [0.1, 0.15) is 11.9 Å². The number of hydrogen-bond acceptors (Lipinski definition) is 10. The van der Waals surface area contributed by atoms with Gasteiger partial charge < -0.3 is 29.7 Å². The molecule has 1 spiro atoms. The molecule has 2 amide bonds. The van der Waals surface area contributed by atoms with E-state index in [-0.39, 0.29) is 41.3 Å². The standard InChI is InChI=1S/C33H45N9O3/c1-4-5-6-8-23(2)30(43)45-31-33(20-36-31)21-41(22-33)25-12-10-24(11-13-25)37-29-27(17-34)35-18-28(38-29)40-14-7-9-26(19-40)42-16-15-39(3)32(42)44/h10-13,18,23,26,31,36H,4-9,14-16,19-22H2,1-3H3,(H,37,38)/t23?,26-,31?/m1/s1. The Morgan fingerprint density at radius 1 is 1.20 bits per heavy atom. The predicted molar refractivity (Wildman–Crippen MR) is 172 cm³/mol. The van der Waals surface area contributed by atoms with E-state index in [2.05, 4.69) is 50.5 Å². The molecule has 5 heterocycles. The van der Waals surface area contributed by atoms with Crippen molar-refractivity contribution in [3.8, 4) is 6.07 Å². The zero-order valence-corrected chi connectivity index (χ0v) is 26.7. The van der Waals surface area contributed by atoms with Crippen LogP contribution >= 0.6 is 0 Å². The van der Waals surface area contributed by atoms with Crippen LogP contribution in [0.25, 0.3) is 0 Å². The molecule has 45 heavy (non-hydrogen) atoms. The summed E-state index contributed by atoms with van der Waals surface area (Å²) in [7, 11) is 1.84. The molecule has 4 fully saturated rings. The van der Waals surface area contributed by atoms with E-state index in [1.54, 1.807) is 11.1 Å². The van der Waals surface area contributed by atoms with Crippen molar-refractivity contribution in [2.45, 2.75) is 64.6 Å². The molecule has 0 radical (unpaired) electrons. The van der Waals surface area contributed by atoms with Gasteiger partial charge in [-0.15, -0.1) is 0 Å². The molecule has 12 heteroatoms. The molecule has 12 nitrogen and oxygen atoms in total. The second kappa shape index (κ2) is 13.1. The van der Waals surface area contributed by atoms with Crippen molar-refractivity contribution in [2.75, 3.05) is 68.0 Å². The number of rotatable bonds is 11. The maximum absolute atomic E-state index is 12.6. The second-order valence-corrected chi connectivity index (χ2v) is 13.2. The van der Waals surface area contributed by atoms with Crippen LogP contribution in [0.5, 0.6) is 0 Å². The van der Waals surface area contributed by atoms with E-state index in [0.29, 0.717) is 18.2 Å². The molecule has 1 aromatic heterocycles. The van der Waals surface area contributed by atoms with Crippen LogP contribution in [0.4, 0.5) is 27.8 Å². The highest BCUT2D eigenvalue weighted by Crippen LogP contribution is 2.43. The number of piperidine rings is 1. The van der Waals surface area contributed by atoms with Gasteiger partial charge in [-0.3, -0.25) is 10.1 Å². The zero-order valence-electron chi connectivity index (χ0n) is 26.7. The number of esters is 1. The number of anilines is 4. The summed E-state index contributed by atoms with van der Waals surface area (Å²) in [5.74, 6) is 0.941. The largest absolute Gasteiger partial charge is 0.446 e. The number of nitrogens with zero attached hydrogens (tertiary/aromatic N) is 7. The lowest BCUT2D eigenvalue weighted by molar-refractivity contribution is -0.180. The Kier molecular flexibility index (Phi) is 8.99. The van der Waals surface area contributed by atoms with Gasteiger partial charge >= 0.3 is 12.0 Å². The fourth-order valence-electron chi connectivity index (χ4n) is 6.88. The minimum absolute atomic E-state index is 0.0289. The minimum atomic E-state index is -0.224. The average Bonchev–Trinajstić information content (AvgIpc) is 3.36. The van der Waals surface area contributed by atoms with Crippen molar-refractivity contribution in [1.29, 1.82) is 5.26 Å². The highest BCUT2D eigenvalue weighted by molar-refractivity contribution is 5.76. The molecule has 4 aliphatic rings. The molecular formula is C33H45N9O3. The first-order valence-corrected chi connectivity index (χ1v) is 16.4. The van der Waals surface area contributed by atoms with Crippen molar-refractivity contribution in [2.24, 2.45) is 11.3 Å². The maximum Gasteiger partial charge on any atom is 0.320 e. The van der Waals surface area contributed by atoms with Crippen LogP contribution in [0.2, 0.25) is 0 Å². The number of hydrogen-bond donors (Lipinski definition) is 2. The topological polar surface area (TPSA) is 130 Å². The van der Waals surface area contributed by atoms with Gasteiger partial charge in [0, 0.05) is 64.2 Å². The molecule has 2 unspecified atom stereocenters. The maximum atomic E-state index is 12.6. The fourth-order valence-corrected chi connectivity index (χ4v) is 6.88. The highest BCUT2D eigenvalue weighted by Gasteiger charge is 2.57. The number of carbonyl (C=O) groups excluding carboxylic acids is 2. The lowest BCUT2D eigenvalue weighted by atomic mass is 9.72. The predicted octanol–water partition coefficient (Wildman–Crippen LogP) is 3.92. The Morgan fingerprint density at radius 3 is 2.67 bits per heavy atom. The van der Waals surface area contributed by atoms with E-state index < -0.39 is 0 Å². The van der Waals surface area contributed by atoms with Gasteiger partial charge in [-0.2, -0.15) is 5.26 Å². The smallest absolute Gasteiger partial charge is 0.320 e. The molecular weight excluding hydrogens is 570 g/mol. The van der Waals surface area contributed by atoms with Gasteiger partial charge in [-0.25, -0.2) is 14.8 Å². The van der Waals surface area contributed by atoms with Gasteiger partial charge in [0.2, 0.25) is 0 Å². The van der Waals surface area contributed by atoms with Crippen LogP contribution in [-0.2, 0) is 9.53 Å². The van der Waals surface area contributed by atoms with Crippen molar-refractivity contribution in [3.63, 3.8) is 0 Å². The number of nitriles is 1. The van der Waals surface area contributed by atoms with Crippen LogP contribution in [0.3, 0.4) is 0 Å². The summed E-state index contributed by atoms with van der Waals surface area (Å²) in [5, 5.41) is 16.3. The quantitative estimate of drug-likeness (QED) is 0.283. The van der Waals surface area contributed by atoms with Crippen LogP contribution in [-0.4, -0.2) is 96.9 Å². The number of benzene rings is 1. The van der Waals surface area contributed by atoms with Crippen LogP contribution < -0.4 is 20.4 Å². The monoisotopic (exact) mass is 615 g/mol. The van der Waals surface area contributed by atoms with Crippen molar-refractivity contribution in [3.05, 3.63) is 36.2 Å². The number of likely N-dealkylation sites (N-methyl/N-ethyl adjacent to an activating group) is 1. The van der Waals surface area contributed by atoms with Crippen molar-refractivity contribution < 1.29 is 14.3 Å². The SMILES string of the molecule is CCCCCC(C)C(=O)OC1NCC12CN(c1ccc(Nc3nc(N4CCC[C@@H](N5CCN(C)C5=O)C4)cnc3C#N)cc1)C2. The molecule has 4 aliphatic heterocycles. The average molecular weight is 616 g/mol. The van der Waals surface area contributed by atoms with E-state index in [4.69, 9.17) is 9.72 Å². The molecule has 2 N–H and O–H groups in total. The van der Waals surface area contributed by atoms with E-state index in [0.717, 1.165) is 89.2 Å². The van der Waals surface area contributed by atoms with Gasteiger partial charge in [0.05, 0.1) is 23.6 Å². The Morgan fingerprint density at radius 2 is 2.00 bits per heavy atom. The number of carbonyl (C=O) groups is 2. The summed E-state index contributed by atoms with van der Waals surface area (Å²) < 4.78 is 5.87. The van der Waals surface area contributed by atoms with Gasteiger partial charge in [-0.1, -0.05) is 33.1 Å². The van der Waals surface area contributed by atoms with Crippen LogP contribution in [0.15, 0.2) is 30.5 Å². The molecule has 0 bridgehead atoms. The van der Waals surface area contributed by atoms with E-state index >= 15 is 0 Å². The van der Waals surface area contributed by atoms with Gasteiger partial charge in [0.25, 0.3) is 0 Å². The first-order chi connectivity index (χ1) is 21.8. The second-order valence-electron chi connectivity index (χ2n) is 13.2. The van der Waals surface area contributed by atoms with Crippen molar-refractivity contribution in [1.82, 2.24) is 25.1 Å². The molecule has 0 saturated carbocycles. The lowest BCUT2D eigenvalue weighted by Crippen LogP contribution is -2.77. The van der Waals surface area contributed by atoms with Crippen LogP contribution in [0.1, 0.15) is 58.1 Å². The van der Waals surface area contributed by atoms with E-state index in [1.807, 2.05) is 31.0 Å². The van der Waals surface area contributed by atoms with Crippen LogP contribution in [0, 0.1) is 22.7 Å². The van der Waals surface area contributed by atoms with Gasteiger partial charge in [0.15, 0.2) is 17.7 Å². The number of unbranched alkanes of at least 4 members (excludes halogenated alkanes) is 2. The molecule has 2 aromatic rings. The molecule has 3 atom stereocenters. The lowest BCUT2D eigenvalue weighted by Gasteiger charge is -2.60. The third-order valence-electron chi connectivity index (χ3n) is 9.85. The highest BCUT2D eigenvalue weighted by atomic mass is 16.6. The van der Waals surface area contributed by atoms with E-state index in [1.165, 1.54) is 0 Å². The number of aromatic nitrogens is 2. The number of urea groups is 1. The normalized spacial score (nSPS) is 22.9. The third kappa shape index (κ3) is 6.36. The summed E-state index contributed by atoms with van der Waals surface area (Å²) in [6, 6.07) is 10.5. The van der Waals surface area contributed by atoms with Crippen molar-refractivity contribution >= 4 is 35.0 Å². The fraction of sp³-hybridized carbons (Fsp3) is 0.606. The molecule has 6 rings (SSSR count). The molecule has 1 aromatic carbocycles. The summed E-state index contributed by atoms with van der Waals surface area (Å²) >= 11 is 0. The Labute approximate surface area is 265 Å². The summed E-state index contributed by atoms with van der Waals surface area (Å²) in [6.45, 7) is 9.66. The number of amides is 2. The summed E-state index contributed by atoms with van der Waals surface area (Å²) in [6.07, 6.45) is 7.58. The molecule has 4 saturated heterocycles. The minimum Gasteiger partial charge on any atom is -0.446 e. The summed E-state index contributed by atoms with van der Waals surface area (Å²) in [5.41, 5.74) is 2.11. The van der Waals surface area contributed by atoms with Gasteiger partial charge in [-0.05, 0) is 43.5 Å². The first kappa shape index (κ1) is 30.9. The Hall–Kier alpha value is -4.11. The third-order valence-corrected chi connectivity index (χ3v) is 9.85. The molecule has 0 aliphatic carbocycles. The number of ether oxygens (including phenoxy) is 1. The zero-order chi connectivity index (χ0) is 31.6. The Bertz CT molecular complexity index is 1420. The summed E-state index contributed by atoms with van der Waals surface area (Å²) in [4.78, 5) is 42.6. The number of nitrogens with one attached hydrogen (secondary N) is 2. The van der Waals surface area contributed by atoms with E-state index in [9.17, 15) is 14.9 Å².